The minimum absolute atomic E-state index is 0.105. The van der Waals surface area contributed by atoms with Crippen LogP contribution in [0.15, 0.2) is 18.5 Å². The van der Waals surface area contributed by atoms with Gasteiger partial charge in [0.1, 0.15) is 11.3 Å². The van der Waals surface area contributed by atoms with E-state index in [1.165, 1.54) is 6.42 Å². The number of imidazole rings is 1. The van der Waals surface area contributed by atoms with Gasteiger partial charge < -0.3 is 9.30 Å². The molecule has 0 aromatic carbocycles. The summed E-state index contributed by atoms with van der Waals surface area (Å²) in [5.41, 5.74) is 2.05. The topological polar surface area (TPSA) is 39.9 Å². The molecule has 4 atom stereocenters. The number of aromatic nitrogens is 3. The number of nitrogens with zero attached hydrogens (tertiary/aromatic N) is 3. The number of ether oxygens (including phenoxy) is 1. The van der Waals surface area contributed by atoms with Crippen molar-refractivity contribution in [2.45, 2.75) is 49.8 Å². The smallest absolute Gasteiger partial charge is 0.128 e. The highest BCUT2D eigenvalue weighted by Gasteiger charge is 2.43. The predicted octanol–water partition coefficient (Wildman–Crippen LogP) is 3.22. The van der Waals surface area contributed by atoms with Crippen LogP contribution in [0, 0.1) is 0 Å². The van der Waals surface area contributed by atoms with E-state index in [4.69, 9.17) is 16.3 Å². The first-order chi connectivity index (χ1) is 9.24. The van der Waals surface area contributed by atoms with Gasteiger partial charge in [0.2, 0.25) is 0 Å². The zero-order valence-corrected chi connectivity index (χ0v) is 11.5. The van der Waals surface area contributed by atoms with Crippen LogP contribution in [0.1, 0.15) is 43.4 Å². The maximum Gasteiger partial charge on any atom is 0.128 e. The van der Waals surface area contributed by atoms with E-state index in [1.807, 2.05) is 25.4 Å². The van der Waals surface area contributed by atoms with Crippen molar-refractivity contribution in [3.05, 3.63) is 24.3 Å². The number of alkyl halides is 1. The molecule has 0 amide bonds. The van der Waals surface area contributed by atoms with Crippen LogP contribution >= 0.6 is 11.6 Å². The second-order valence-electron chi connectivity index (χ2n) is 5.50. The third-order valence-corrected chi connectivity index (χ3v) is 4.48. The quantitative estimate of drug-likeness (QED) is 0.791. The summed E-state index contributed by atoms with van der Waals surface area (Å²) in [6.07, 6.45) is 7.80. The fourth-order valence-electron chi connectivity index (χ4n) is 3.48. The standard InChI is InChI=1S/C14H16ClN3O/c1-8(15)14-17-10-7-16-5-4-11(10)18(14)12-6-9-2-3-13(12)19-9/h4-5,7-9,12-13H,2-3,6H2,1H3. The Morgan fingerprint density at radius 3 is 3.05 bits per heavy atom. The summed E-state index contributed by atoms with van der Waals surface area (Å²) in [4.78, 5) is 8.80. The number of hydrogen-bond donors (Lipinski definition) is 0. The van der Waals surface area contributed by atoms with E-state index < -0.39 is 0 Å². The molecule has 0 N–H and O–H groups in total. The summed E-state index contributed by atoms with van der Waals surface area (Å²) < 4.78 is 8.28. The molecule has 0 radical (unpaired) electrons. The van der Waals surface area contributed by atoms with Crippen molar-refractivity contribution >= 4 is 22.6 Å². The molecule has 2 aromatic heterocycles. The zero-order valence-electron chi connectivity index (χ0n) is 10.8. The Hall–Kier alpha value is -1.13. The van der Waals surface area contributed by atoms with Gasteiger partial charge in [0.05, 0.1) is 35.3 Å². The molecule has 5 heteroatoms. The van der Waals surface area contributed by atoms with Crippen molar-refractivity contribution in [1.29, 1.82) is 0 Å². The van der Waals surface area contributed by atoms with Gasteiger partial charge in [-0.05, 0) is 32.3 Å². The maximum atomic E-state index is 6.32. The summed E-state index contributed by atoms with van der Waals surface area (Å²) in [6.45, 7) is 1.97. The first kappa shape index (κ1) is 11.7. The van der Waals surface area contributed by atoms with Crippen LogP contribution in [0.5, 0.6) is 0 Å². The van der Waals surface area contributed by atoms with E-state index in [-0.39, 0.29) is 5.38 Å². The Morgan fingerprint density at radius 1 is 1.47 bits per heavy atom. The lowest BCUT2D eigenvalue weighted by Crippen LogP contribution is -2.22. The average Bonchev–Trinajstić information content (AvgIpc) is 3.10. The maximum absolute atomic E-state index is 6.32. The lowest BCUT2D eigenvalue weighted by molar-refractivity contribution is 0.0939. The predicted molar refractivity (Wildman–Crippen MR) is 73.3 cm³/mol. The molecule has 0 spiro atoms. The van der Waals surface area contributed by atoms with Crippen LogP contribution in [0.4, 0.5) is 0 Å². The van der Waals surface area contributed by atoms with Crippen LogP contribution < -0.4 is 0 Å². The number of fused-ring (bicyclic) bond motifs is 3. The largest absolute Gasteiger partial charge is 0.373 e. The molecule has 4 heterocycles. The number of halogens is 1. The van der Waals surface area contributed by atoms with Crippen LogP contribution in [0.25, 0.3) is 11.0 Å². The van der Waals surface area contributed by atoms with Crippen molar-refractivity contribution in [3.63, 3.8) is 0 Å². The van der Waals surface area contributed by atoms with Crippen LogP contribution in [-0.2, 0) is 4.74 Å². The van der Waals surface area contributed by atoms with Gasteiger partial charge in [-0.1, -0.05) is 0 Å². The van der Waals surface area contributed by atoms with Gasteiger partial charge in [-0.2, -0.15) is 0 Å². The molecule has 0 saturated carbocycles. The van der Waals surface area contributed by atoms with Gasteiger partial charge in [-0.25, -0.2) is 4.98 Å². The van der Waals surface area contributed by atoms with Crippen molar-refractivity contribution in [3.8, 4) is 0 Å². The minimum Gasteiger partial charge on any atom is -0.373 e. The lowest BCUT2D eigenvalue weighted by Gasteiger charge is -2.23. The van der Waals surface area contributed by atoms with Crippen molar-refractivity contribution in [2.75, 3.05) is 0 Å². The van der Waals surface area contributed by atoms with Gasteiger partial charge in [0.15, 0.2) is 0 Å². The van der Waals surface area contributed by atoms with E-state index >= 15 is 0 Å². The molecule has 2 saturated heterocycles. The van der Waals surface area contributed by atoms with Gasteiger partial charge in [-0.3, -0.25) is 4.98 Å². The van der Waals surface area contributed by atoms with Crippen molar-refractivity contribution in [2.24, 2.45) is 0 Å². The minimum atomic E-state index is -0.105. The average molecular weight is 278 g/mol. The first-order valence-corrected chi connectivity index (χ1v) is 7.29. The summed E-state index contributed by atoms with van der Waals surface area (Å²) in [6, 6.07) is 2.40. The third-order valence-electron chi connectivity index (χ3n) is 4.28. The molecular formula is C14H16ClN3O. The van der Waals surface area contributed by atoms with Gasteiger partial charge in [0.25, 0.3) is 0 Å². The SMILES string of the molecule is CC(Cl)c1nc2cnccc2n1C1CC2CCC1O2. The number of hydrogen-bond acceptors (Lipinski definition) is 3. The molecule has 19 heavy (non-hydrogen) atoms. The van der Waals surface area contributed by atoms with Crippen LogP contribution in [0.3, 0.4) is 0 Å². The van der Waals surface area contributed by atoms with Crippen molar-refractivity contribution in [1.82, 2.24) is 14.5 Å². The molecule has 4 unspecified atom stereocenters. The second-order valence-corrected chi connectivity index (χ2v) is 6.15. The Morgan fingerprint density at radius 2 is 2.37 bits per heavy atom. The summed E-state index contributed by atoms with van der Waals surface area (Å²) in [7, 11) is 0. The fourth-order valence-corrected chi connectivity index (χ4v) is 3.64. The van der Waals surface area contributed by atoms with Gasteiger partial charge in [0, 0.05) is 6.20 Å². The molecule has 2 aliphatic heterocycles. The molecule has 100 valence electrons. The highest BCUT2D eigenvalue weighted by molar-refractivity contribution is 6.20. The highest BCUT2D eigenvalue weighted by Crippen LogP contribution is 2.44. The van der Waals surface area contributed by atoms with E-state index in [0.29, 0.717) is 18.2 Å². The van der Waals surface area contributed by atoms with Crippen LogP contribution in [0.2, 0.25) is 0 Å². The first-order valence-electron chi connectivity index (χ1n) is 6.85. The van der Waals surface area contributed by atoms with E-state index in [0.717, 1.165) is 29.7 Å². The monoisotopic (exact) mass is 277 g/mol. The molecule has 2 aliphatic rings. The Bertz CT molecular complexity index is 624. The van der Waals surface area contributed by atoms with E-state index in [1.54, 1.807) is 0 Å². The molecular weight excluding hydrogens is 262 g/mol. The zero-order chi connectivity index (χ0) is 13.0. The Labute approximate surface area is 116 Å². The third kappa shape index (κ3) is 1.70. The van der Waals surface area contributed by atoms with E-state index in [2.05, 4.69) is 14.5 Å². The summed E-state index contributed by atoms with van der Waals surface area (Å²) in [5, 5.41) is -0.105. The molecule has 4 rings (SSSR count). The highest BCUT2D eigenvalue weighted by atomic mass is 35.5. The Balaban J connectivity index is 1.89. The van der Waals surface area contributed by atoms with Crippen molar-refractivity contribution < 1.29 is 4.74 Å². The Kier molecular flexibility index (Phi) is 2.57. The number of rotatable bonds is 2. The molecule has 2 bridgehead atoms. The van der Waals surface area contributed by atoms with Gasteiger partial charge >= 0.3 is 0 Å². The molecule has 0 aliphatic carbocycles. The second kappa shape index (κ2) is 4.18. The molecule has 2 aromatic rings. The molecule has 2 fully saturated rings. The summed E-state index contributed by atoms with van der Waals surface area (Å²) in [5.74, 6) is 0.936. The fraction of sp³-hybridized carbons (Fsp3) is 0.571. The van der Waals surface area contributed by atoms with Gasteiger partial charge in [-0.15, -0.1) is 11.6 Å². The van der Waals surface area contributed by atoms with E-state index in [9.17, 15) is 0 Å². The lowest BCUT2D eigenvalue weighted by atomic mass is 9.95. The molecule has 4 nitrogen and oxygen atoms in total. The van der Waals surface area contributed by atoms with Crippen LogP contribution in [-0.4, -0.2) is 26.7 Å². The number of pyridine rings is 1. The normalized spacial score (nSPS) is 31.2. The summed E-state index contributed by atoms with van der Waals surface area (Å²) >= 11 is 6.32.